The third kappa shape index (κ3) is 3.66. The van der Waals surface area contributed by atoms with E-state index in [0.29, 0.717) is 0 Å². The van der Waals surface area contributed by atoms with Gasteiger partial charge in [-0.1, -0.05) is 24.7 Å². The smallest absolute Gasteiger partial charge is 0.197 e. The summed E-state index contributed by atoms with van der Waals surface area (Å²) in [4.78, 5) is 8.05. The molecule has 4 nitrogen and oxygen atoms in total. The predicted octanol–water partition coefficient (Wildman–Crippen LogP) is 2.44. The molecule has 1 saturated heterocycles. The summed E-state index contributed by atoms with van der Waals surface area (Å²) in [5.41, 5.74) is 2.60. The molecule has 1 aromatic rings. The number of aromatic nitrogens is 1. The average Bonchev–Trinajstić information content (AvgIpc) is 2.68. The minimum atomic E-state index is 0.807. The SMILES string of the molecule is CCC1CCCN(Cc2cnc(NN)s2)CC1. The van der Waals surface area contributed by atoms with Crippen LogP contribution in [0.5, 0.6) is 0 Å². The van der Waals surface area contributed by atoms with Crippen molar-refractivity contribution in [2.24, 2.45) is 11.8 Å². The van der Waals surface area contributed by atoms with Crippen molar-refractivity contribution in [3.8, 4) is 0 Å². The molecule has 96 valence electrons. The molecule has 3 N–H and O–H groups in total. The van der Waals surface area contributed by atoms with E-state index in [4.69, 9.17) is 5.84 Å². The highest BCUT2D eigenvalue weighted by Gasteiger charge is 2.16. The Bertz CT molecular complexity index is 339. The summed E-state index contributed by atoms with van der Waals surface area (Å²) in [5.74, 6) is 6.27. The van der Waals surface area contributed by atoms with Crippen molar-refractivity contribution < 1.29 is 0 Å². The minimum Gasteiger partial charge on any atom is -0.300 e. The van der Waals surface area contributed by atoms with E-state index in [1.807, 2.05) is 6.20 Å². The van der Waals surface area contributed by atoms with Gasteiger partial charge in [-0.25, -0.2) is 10.8 Å². The van der Waals surface area contributed by atoms with E-state index < -0.39 is 0 Å². The van der Waals surface area contributed by atoms with Gasteiger partial charge in [0.25, 0.3) is 0 Å². The van der Waals surface area contributed by atoms with Gasteiger partial charge in [-0.2, -0.15) is 0 Å². The van der Waals surface area contributed by atoms with Gasteiger partial charge in [0.1, 0.15) is 0 Å². The maximum absolute atomic E-state index is 5.34. The Labute approximate surface area is 107 Å². The van der Waals surface area contributed by atoms with E-state index in [1.54, 1.807) is 11.3 Å². The van der Waals surface area contributed by atoms with Crippen LogP contribution in [0.3, 0.4) is 0 Å². The summed E-state index contributed by atoms with van der Waals surface area (Å²) in [6.07, 6.45) is 7.33. The third-order valence-corrected chi connectivity index (χ3v) is 4.49. The van der Waals surface area contributed by atoms with E-state index in [-0.39, 0.29) is 0 Å². The fraction of sp³-hybridized carbons (Fsp3) is 0.750. The Morgan fingerprint density at radius 1 is 1.53 bits per heavy atom. The van der Waals surface area contributed by atoms with Crippen LogP contribution in [0.1, 0.15) is 37.5 Å². The highest BCUT2D eigenvalue weighted by atomic mass is 32.1. The first-order valence-corrected chi connectivity index (χ1v) is 7.27. The molecular weight excluding hydrogens is 232 g/mol. The minimum absolute atomic E-state index is 0.807. The molecule has 2 rings (SSSR count). The van der Waals surface area contributed by atoms with Crippen molar-refractivity contribution in [1.29, 1.82) is 0 Å². The zero-order valence-electron chi connectivity index (χ0n) is 10.5. The Morgan fingerprint density at radius 2 is 2.41 bits per heavy atom. The van der Waals surface area contributed by atoms with Crippen molar-refractivity contribution in [2.75, 3.05) is 18.5 Å². The maximum Gasteiger partial charge on any atom is 0.197 e. The lowest BCUT2D eigenvalue weighted by molar-refractivity contribution is 0.274. The number of hydrogen-bond acceptors (Lipinski definition) is 5. The quantitative estimate of drug-likeness (QED) is 0.640. The predicted molar refractivity (Wildman–Crippen MR) is 72.8 cm³/mol. The second-order valence-electron chi connectivity index (χ2n) is 4.76. The van der Waals surface area contributed by atoms with Gasteiger partial charge in [-0.3, -0.25) is 10.3 Å². The Balaban J connectivity index is 1.86. The number of likely N-dealkylation sites (tertiary alicyclic amines) is 1. The van der Waals surface area contributed by atoms with Gasteiger partial charge >= 0.3 is 0 Å². The van der Waals surface area contributed by atoms with Gasteiger partial charge < -0.3 is 0 Å². The van der Waals surface area contributed by atoms with Crippen LogP contribution in [0.15, 0.2) is 6.20 Å². The molecule has 1 aromatic heterocycles. The number of hydrogen-bond donors (Lipinski definition) is 2. The molecule has 1 aliphatic rings. The number of nitrogens with zero attached hydrogens (tertiary/aromatic N) is 2. The number of hydrazine groups is 1. The van der Waals surface area contributed by atoms with E-state index in [2.05, 4.69) is 22.2 Å². The largest absolute Gasteiger partial charge is 0.300 e. The van der Waals surface area contributed by atoms with Crippen LogP contribution in [0.4, 0.5) is 5.13 Å². The van der Waals surface area contributed by atoms with Crippen LogP contribution < -0.4 is 11.3 Å². The molecule has 0 spiro atoms. The highest BCUT2D eigenvalue weighted by Crippen LogP contribution is 2.23. The molecule has 17 heavy (non-hydrogen) atoms. The van der Waals surface area contributed by atoms with Gasteiger partial charge in [0, 0.05) is 17.6 Å². The van der Waals surface area contributed by atoms with E-state index in [1.165, 1.54) is 43.6 Å². The zero-order chi connectivity index (χ0) is 12.1. The van der Waals surface area contributed by atoms with Crippen molar-refractivity contribution in [1.82, 2.24) is 9.88 Å². The second kappa shape index (κ2) is 6.33. The van der Waals surface area contributed by atoms with Gasteiger partial charge in [-0.05, 0) is 38.3 Å². The lowest BCUT2D eigenvalue weighted by Gasteiger charge is -2.18. The average molecular weight is 254 g/mol. The van der Waals surface area contributed by atoms with Crippen LogP contribution in [0.2, 0.25) is 0 Å². The van der Waals surface area contributed by atoms with E-state index >= 15 is 0 Å². The number of anilines is 1. The molecule has 1 fully saturated rings. The highest BCUT2D eigenvalue weighted by molar-refractivity contribution is 7.15. The van der Waals surface area contributed by atoms with Gasteiger partial charge in [0.2, 0.25) is 0 Å². The van der Waals surface area contributed by atoms with Crippen molar-refractivity contribution in [3.05, 3.63) is 11.1 Å². The van der Waals surface area contributed by atoms with Crippen LogP contribution in [0.25, 0.3) is 0 Å². The lowest BCUT2D eigenvalue weighted by atomic mass is 9.98. The first kappa shape index (κ1) is 12.8. The summed E-state index contributed by atoms with van der Waals surface area (Å²) in [7, 11) is 0. The molecule has 0 saturated carbocycles. The number of nitrogen functional groups attached to an aromatic ring is 1. The molecule has 1 aliphatic heterocycles. The van der Waals surface area contributed by atoms with Crippen LogP contribution in [-0.2, 0) is 6.54 Å². The monoisotopic (exact) mass is 254 g/mol. The first-order valence-electron chi connectivity index (χ1n) is 6.45. The Hall–Kier alpha value is -0.650. The third-order valence-electron chi connectivity index (χ3n) is 3.57. The maximum atomic E-state index is 5.34. The van der Waals surface area contributed by atoms with Crippen molar-refractivity contribution in [2.45, 2.75) is 39.2 Å². The Kier molecular flexibility index (Phi) is 4.76. The van der Waals surface area contributed by atoms with Gasteiger partial charge in [0.15, 0.2) is 5.13 Å². The summed E-state index contributed by atoms with van der Waals surface area (Å²) in [5, 5.41) is 0.807. The number of nitrogens with two attached hydrogens (primary N) is 1. The van der Waals surface area contributed by atoms with Gasteiger partial charge in [0.05, 0.1) is 0 Å². The number of rotatable bonds is 4. The topological polar surface area (TPSA) is 54.2 Å². The van der Waals surface area contributed by atoms with Crippen molar-refractivity contribution >= 4 is 16.5 Å². The molecule has 0 aliphatic carbocycles. The summed E-state index contributed by atoms with van der Waals surface area (Å²) in [6.45, 7) is 5.78. The standard InChI is InChI=1S/C12H22N4S/c1-2-10-4-3-6-16(7-5-10)9-11-8-14-12(15-13)17-11/h8,10H,2-7,9,13H2,1H3,(H,14,15). The van der Waals surface area contributed by atoms with Gasteiger partial charge in [-0.15, -0.1) is 0 Å². The molecule has 0 radical (unpaired) electrons. The molecular formula is C12H22N4S. The van der Waals surface area contributed by atoms with E-state index in [0.717, 1.165) is 17.6 Å². The zero-order valence-corrected chi connectivity index (χ0v) is 11.3. The molecule has 1 atom stereocenters. The normalized spacial score (nSPS) is 22.4. The fourth-order valence-corrected chi connectivity index (χ4v) is 3.22. The van der Waals surface area contributed by atoms with E-state index in [9.17, 15) is 0 Å². The van der Waals surface area contributed by atoms with Crippen LogP contribution >= 0.6 is 11.3 Å². The Morgan fingerprint density at radius 3 is 3.12 bits per heavy atom. The summed E-state index contributed by atoms with van der Waals surface area (Å²) < 4.78 is 0. The number of thiazole rings is 1. The molecule has 0 bridgehead atoms. The summed E-state index contributed by atoms with van der Waals surface area (Å²) in [6, 6.07) is 0. The molecule has 5 heteroatoms. The lowest BCUT2D eigenvalue weighted by Crippen LogP contribution is -2.23. The molecule has 0 aromatic carbocycles. The van der Waals surface area contributed by atoms with Crippen molar-refractivity contribution in [3.63, 3.8) is 0 Å². The molecule has 0 amide bonds. The fourth-order valence-electron chi connectivity index (χ4n) is 2.46. The number of nitrogens with one attached hydrogen (secondary N) is 1. The molecule has 1 unspecified atom stereocenters. The first-order chi connectivity index (χ1) is 8.31. The van der Waals surface area contributed by atoms with Crippen LogP contribution in [0, 0.1) is 5.92 Å². The second-order valence-corrected chi connectivity index (χ2v) is 5.87. The molecule has 2 heterocycles. The summed E-state index contributed by atoms with van der Waals surface area (Å²) >= 11 is 1.65. The van der Waals surface area contributed by atoms with Crippen LogP contribution in [-0.4, -0.2) is 23.0 Å².